The molecule has 196 valence electrons. The second kappa shape index (κ2) is 10.9. The Morgan fingerprint density at radius 1 is 1.22 bits per heavy atom. The summed E-state index contributed by atoms with van der Waals surface area (Å²) < 4.78 is 37.5. The number of hydrogen-bond donors (Lipinski definition) is 2. The van der Waals surface area contributed by atoms with E-state index < -0.39 is 31.4 Å². The summed E-state index contributed by atoms with van der Waals surface area (Å²) in [5.41, 5.74) is 2.14. The Kier molecular flexibility index (Phi) is 8.65. The van der Waals surface area contributed by atoms with Gasteiger partial charge < -0.3 is 14.3 Å². The van der Waals surface area contributed by atoms with Crippen LogP contribution in [0.5, 0.6) is 0 Å². The van der Waals surface area contributed by atoms with Crippen LogP contribution in [-0.4, -0.2) is 31.5 Å². The van der Waals surface area contributed by atoms with Crippen LogP contribution in [0.1, 0.15) is 37.4 Å². The molecule has 0 bridgehead atoms. The number of fused-ring (bicyclic) bond motifs is 1. The summed E-state index contributed by atoms with van der Waals surface area (Å²) in [7, 11) is -0.559. The number of nitrogens with zero attached hydrogens (tertiary/aromatic N) is 1. The molecule has 0 aliphatic carbocycles. The molecule has 0 fully saturated rings. The summed E-state index contributed by atoms with van der Waals surface area (Å²) in [6.07, 6.45) is -0.273. The lowest BCUT2D eigenvalue weighted by Crippen LogP contribution is -2.44. The third-order valence-electron chi connectivity index (χ3n) is 6.20. The molecule has 0 radical (unpaired) electrons. The van der Waals surface area contributed by atoms with Gasteiger partial charge in [-0.3, -0.25) is 14.4 Å². The van der Waals surface area contributed by atoms with Gasteiger partial charge in [0.1, 0.15) is 16.5 Å². The van der Waals surface area contributed by atoms with E-state index in [-0.39, 0.29) is 44.2 Å². The first-order valence-corrected chi connectivity index (χ1v) is 16.1. The number of carbonyl (C=O) groups excluding carboxylic acids is 1. The van der Waals surface area contributed by atoms with Crippen molar-refractivity contribution in [1.82, 2.24) is 10.0 Å². The van der Waals surface area contributed by atoms with Crippen molar-refractivity contribution in [3.8, 4) is 0 Å². The van der Waals surface area contributed by atoms with E-state index in [4.69, 9.17) is 9.26 Å². The third kappa shape index (κ3) is 6.15. The van der Waals surface area contributed by atoms with Gasteiger partial charge in [0.2, 0.25) is 0 Å². The van der Waals surface area contributed by atoms with Crippen molar-refractivity contribution in [2.75, 3.05) is 11.9 Å². The van der Waals surface area contributed by atoms with E-state index in [2.05, 4.69) is 44.7 Å². The highest BCUT2D eigenvalue weighted by Crippen LogP contribution is 2.39. The zero-order valence-electron chi connectivity index (χ0n) is 21.2. The standard InChI is InChI=1S/C24H30F2IN3O4SSi/c1-13(34-36(6,7)24(2,3)4)12-33-29-23(32)22-19(28-17-9-8-14(27)10-15(17)25)20-21(35-22)16(26)11-18(31)30(20)5/h8-11,13,28H,12H2,1-7H3,(H,29,32)/t13-/m0/s1. The van der Waals surface area contributed by atoms with E-state index in [1.54, 1.807) is 6.07 Å². The summed E-state index contributed by atoms with van der Waals surface area (Å²) in [5.74, 6) is -1.97. The molecule has 0 saturated heterocycles. The molecule has 1 aromatic carbocycles. The molecule has 1 atom stereocenters. The van der Waals surface area contributed by atoms with Gasteiger partial charge in [-0.1, -0.05) is 20.8 Å². The van der Waals surface area contributed by atoms with Crippen LogP contribution >= 0.6 is 33.9 Å². The highest BCUT2D eigenvalue weighted by Gasteiger charge is 2.38. The lowest BCUT2D eigenvalue weighted by molar-refractivity contribution is -0.00317. The van der Waals surface area contributed by atoms with Crippen molar-refractivity contribution in [3.63, 3.8) is 0 Å². The number of carbonyl (C=O) groups is 1. The van der Waals surface area contributed by atoms with Crippen LogP contribution in [0.3, 0.4) is 0 Å². The molecule has 2 heterocycles. The van der Waals surface area contributed by atoms with Crippen molar-refractivity contribution in [3.05, 3.63) is 54.7 Å². The molecule has 0 spiro atoms. The highest BCUT2D eigenvalue weighted by molar-refractivity contribution is 14.1. The lowest BCUT2D eigenvalue weighted by Gasteiger charge is -2.38. The smallest absolute Gasteiger partial charge is 0.287 e. The lowest BCUT2D eigenvalue weighted by atomic mass is 10.2. The molecule has 3 rings (SSSR count). The quantitative estimate of drug-likeness (QED) is 0.170. The maximum Gasteiger partial charge on any atom is 0.287 e. The van der Waals surface area contributed by atoms with E-state index in [0.717, 1.165) is 17.4 Å². The zero-order valence-corrected chi connectivity index (χ0v) is 25.2. The van der Waals surface area contributed by atoms with Crippen LogP contribution < -0.4 is 16.4 Å². The van der Waals surface area contributed by atoms with Crippen molar-refractivity contribution in [2.45, 2.75) is 51.9 Å². The first-order chi connectivity index (χ1) is 16.6. The van der Waals surface area contributed by atoms with Crippen molar-refractivity contribution >= 4 is 69.7 Å². The summed E-state index contributed by atoms with van der Waals surface area (Å²) in [6, 6.07) is 5.37. The maximum absolute atomic E-state index is 14.7. The number of rotatable bonds is 8. The van der Waals surface area contributed by atoms with Gasteiger partial charge in [0.25, 0.3) is 11.5 Å². The van der Waals surface area contributed by atoms with E-state index in [0.29, 0.717) is 3.57 Å². The molecule has 36 heavy (non-hydrogen) atoms. The minimum atomic E-state index is -2.02. The van der Waals surface area contributed by atoms with Crippen LogP contribution in [0.15, 0.2) is 29.1 Å². The Labute approximate surface area is 227 Å². The molecule has 1 amide bonds. The molecule has 7 nitrogen and oxygen atoms in total. The molecule has 0 unspecified atom stereocenters. The molecule has 0 aliphatic heterocycles. The van der Waals surface area contributed by atoms with Crippen molar-refractivity contribution < 1.29 is 22.8 Å². The number of anilines is 2. The largest absolute Gasteiger partial charge is 0.412 e. The third-order valence-corrected chi connectivity index (χ3v) is 12.7. The molecule has 3 aromatic rings. The predicted molar refractivity (Wildman–Crippen MR) is 151 cm³/mol. The number of aromatic nitrogens is 1. The Hall–Kier alpha value is -1.87. The number of pyridine rings is 1. The molecular formula is C24H30F2IN3O4SSi. The van der Waals surface area contributed by atoms with Gasteiger partial charge >= 0.3 is 0 Å². The summed E-state index contributed by atoms with van der Waals surface area (Å²) >= 11 is 2.83. The summed E-state index contributed by atoms with van der Waals surface area (Å²) in [4.78, 5) is 30.8. The van der Waals surface area contributed by atoms with Crippen molar-refractivity contribution in [1.29, 1.82) is 0 Å². The number of amides is 1. The number of halogens is 3. The van der Waals surface area contributed by atoms with Crippen molar-refractivity contribution in [2.24, 2.45) is 7.05 Å². The van der Waals surface area contributed by atoms with E-state index in [9.17, 15) is 18.4 Å². The zero-order chi connectivity index (χ0) is 27.0. The average molecular weight is 650 g/mol. The normalized spacial score (nSPS) is 13.2. The number of hydrogen-bond acceptors (Lipinski definition) is 6. The summed E-state index contributed by atoms with van der Waals surface area (Å²) in [6.45, 7) is 12.6. The number of thiophene rings is 1. The van der Waals surface area contributed by atoms with Crippen LogP contribution in [0.4, 0.5) is 20.2 Å². The van der Waals surface area contributed by atoms with Gasteiger partial charge in [0.05, 0.1) is 34.3 Å². The Bertz CT molecular complexity index is 1350. The molecule has 12 heteroatoms. The fourth-order valence-corrected chi connectivity index (χ4v) is 6.23. The molecule has 0 aliphatic rings. The minimum absolute atomic E-state index is 0.0208. The second-order valence-electron chi connectivity index (χ2n) is 10.1. The summed E-state index contributed by atoms with van der Waals surface area (Å²) in [5, 5.41) is 2.91. The molecular weight excluding hydrogens is 619 g/mol. The van der Waals surface area contributed by atoms with Gasteiger partial charge in [0.15, 0.2) is 8.32 Å². The topological polar surface area (TPSA) is 81.6 Å². The molecule has 2 N–H and O–H groups in total. The Morgan fingerprint density at radius 3 is 2.50 bits per heavy atom. The number of hydroxylamine groups is 1. The van der Waals surface area contributed by atoms with E-state index in [1.165, 1.54) is 23.7 Å². The fourth-order valence-electron chi connectivity index (χ4n) is 3.27. The van der Waals surface area contributed by atoms with Gasteiger partial charge in [-0.25, -0.2) is 14.3 Å². The van der Waals surface area contributed by atoms with Gasteiger partial charge in [0, 0.05) is 16.7 Å². The van der Waals surface area contributed by atoms with Crippen LogP contribution in [-0.2, 0) is 16.3 Å². The predicted octanol–water partition coefficient (Wildman–Crippen LogP) is 6.30. The Balaban J connectivity index is 1.89. The van der Waals surface area contributed by atoms with Gasteiger partial charge in [-0.05, 0) is 65.8 Å². The molecule has 2 aromatic heterocycles. The van der Waals surface area contributed by atoms with Gasteiger partial charge in [-0.15, -0.1) is 11.3 Å². The number of aryl methyl sites for hydroxylation is 1. The SMILES string of the molecule is C[C@@H](CONC(=O)c1sc2c(F)cc(=O)n(C)c2c1Nc1ccc(I)cc1F)O[Si](C)(C)C(C)(C)C. The van der Waals surface area contributed by atoms with Crippen LogP contribution in [0.25, 0.3) is 10.2 Å². The second-order valence-corrected chi connectivity index (χ2v) is 17.1. The van der Waals surface area contributed by atoms with E-state index in [1.807, 2.05) is 29.5 Å². The monoisotopic (exact) mass is 649 g/mol. The first-order valence-electron chi connectivity index (χ1n) is 11.3. The Morgan fingerprint density at radius 2 is 1.89 bits per heavy atom. The van der Waals surface area contributed by atoms with E-state index >= 15 is 0 Å². The molecule has 0 saturated carbocycles. The highest BCUT2D eigenvalue weighted by atomic mass is 127. The first kappa shape index (κ1) is 28.7. The number of benzene rings is 1. The van der Waals surface area contributed by atoms with Gasteiger partial charge in [-0.2, -0.15) is 0 Å². The fraction of sp³-hybridized carbons (Fsp3) is 0.417. The van der Waals surface area contributed by atoms with Crippen LogP contribution in [0.2, 0.25) is 18.1 Å². The minimum Gasteiger partial charge on any atom is -0.412 e. The van der Waals surface area contributed by atoms with Crippen LogP contribution in [0, 0.1) is 15.2 Å². The average Bonchev–Trinajstić information content (AvgIpc) is 3.13. The maximum atomic E-state index is 14.7. The number of nitrogens with one attached hydrogen (secondary N) is 2.